The van der Waals surface area contributed by atoms with E-state index in [1.165, 1.54) is 12.8 Å². The molecule has 102 valence electrons. The lowest BCUT2D eigenvalue weighted by Crippen LogP contribution is -2.35. The number of ether oxygens (including phenoxy) is 1. The van der Waals surface area contributed by atoms with Gasteiger partial charge in [-0.25, -0.2) is 0 Å². The third kappa shape index (κ3) is 5.84. The second kappa shape index (κ2) is 7.34. The number of likely N-dealkylation sites (N-methyl/N-ethyl adjacent to an activating group) is 1. The highest BCUT2D eigenvalue weighted by atomic mass is 16.5. The number of rotatable bonds is 7. The van der Waals surface area contributed by atoms with E-state index >= 15 is 0 Å². The SMILES string of the molecule is CC(C)CNCC1CCC(CN(C)C(C)C)O1. The van der Waals surface area contributed by atoms with Gasteiger partial charge >= 0.3 is 0 Å². The molecule has 0 aromatic carbocycles. The predicted molar refractivity (Wildman–Crippen MR) is 73.4 cm³/mol. The van der Waals surface area contributed by atoms with Crippen molar-refractivity contribution in [2.24, 2.45) is 5.92 Å². The molecule has 0 amide bonds. The van der Waals surface area contributed by atoms with E-state index in [1.54, 1.807) is 0 Å². The zero-order valence-corrected chi connectivity index (χ0v) is 12.2. The van der Waals surface area contributed by atoms with E-state index in [9.17, 15) is 0 Å². The van der Waals surface area contributed by atoms with Crippen LogP contribution in [0.15, 0.2) is 0 Å². The molecular weight excluding hydrogens is 212 g/mol. The van der Waals surface area contributed by atoms with E-state index in [0.717, 1.165) is 25.6 Å². The Morgan fingerprint density at radius 1 is 1.18 bits per heavy atom. The molecule has 3 heteroatoms. The zero-order valence-electron chi connectivity index (χ0n) is 12.2. The third-order valence-electron chi connectivity index (χ3n) is 3.49. The Labute approximate surface area is 107 Å². The fraction of sp³-hybridized carbons (Fsp3) is 1.00. The van der Waals surface area contributed by atoms with E-state index in [1.807, 2.05) is 0 Å². The minimum absolute atomic E-state index is 0.430. The molecule has 1 saturated heterocycles. The minimum Gasteiger partial charge on any atom is -0.372 e. The molecule has 0 aliphatic carbocycles. The Hall–Kier alpha value is -0.120. The van der Waals surface area contributed by atoms with Gasteiger partial charge in [0.2, 0.25) is 0 Å². The predicted octanol–water partition coefficient (Wildman–Crippen LogP) is 2.12. The Morgan fingerprint density at radius 3 is 2.41 bits per heavy atom. The normalized spacial score (nSPS) is 25.4. The van der Waals surface area contributed by atoms with Crippen molar-refractivity contribution in [1.82, 2.24) is 10.2 Å². The molecule has 0 bridgehead atoms. The van der Waals surface area contributed by atoms with Gasteiger partial charge < -0.3 is 15.0 Å². The molecule has 3 nitrogen and oxygen atoms in total. The Kier molecular flexibility index (Phi) is 6.45. The molecule has 1 fully saturated rings. The molecule has 17 heavy (non-hydrogen) atoms. The highest BCUT2D eigenvalue weighted by Gasteiger charge is 2.26. The minimum atomic E-state index is 0.430. The van der Waals surface area contributed by atoms with Crippen LogP contribution in [0.5, 0.6) is 0 Å². The quantitative estimate of drug-likeness (QED) is 0.740. The average Bonchev–Trinajstić information content (AvgIpc) is 2.65. The van der Waals surface area contributed by atoms with Gasteiger partial charge in [-0.3, -0.25) is 0 Å². The standard InChI is InChI=1S/C14H30N2O/c1-11(2)8-15-9-13-6-7-14(17-13)10-16(5)12(3)4/h11-15H,6-10H2,1-5H3. The fourth-order valence-electron chi connectivity index (χ4n) is 2.13. The van der Waals surface area contributed by atoms with Crippen molar-refractivity contribution in [3.05, 3.63) is 0 Å². The van der Waals surface area contributed by atoms with Crippen LogP contribution in [-0.2, 0) is 4.74 Å². The van der Waals surface area contributed by atoms with Crippen molar-refractivity contribution in [3.8, 4) is 0 Å². The van der Waals surface area contributed by atoms with Crippen LogP contribution in [0.25, 0.3) is 0 Å². The van der Waals surface area contributed by atoms with Crippen molar-refractivity contribution in [2.45, 2.75) is 58.8 Å². The monoisotopic (exact) mass is 242 g/mol. The number of nitrogens with zero attached hydrogens (tertiary/aromatic N) is 1. The average molecular weight is 242 g/mol. The number of hydrogen-bond acceptors (Lipinski definition) is 3. The summed E-state index contributed by atoms with van der Waals surface area (Å²) in [6.07, 6.45) is 3.29. The largest absolute Gasteiger partial charge is 0.372 e. The van der Waals surface area contributed by atoms with Crippen LogP contribution in [0.1, 0.15) is 40.5 Å². The van der Waals surface area contributed by atoms with Gasteiger partial charge in [0.05, 0.1) is 12.2 Å². The van der Waals surface area contributed by atoms with Gasteiger partial charge in [0, 0.05) is 19.1 Å². The van der Waals surface area contributed by atoms with Gasteiger partial charge in [0.15, 0.2) is 0 Å². The molecule has 1 aliphatic heterocycles. The molecule has 0 saturated carbocycles. The summed E-state index contributed by atoms with van der Waals surface area (Å²) in [6.45, 7) is 12.1. The van der Waals surface area contributed by atoms with Crippen molar-refractivity contribution in [2.75, 3.05) is 26.7 Å². The summed E-state index contributed by atoms with van der Waals surface area (Å²) in [5.41, 5.74) is 0. The van der Waals surface area contributed by atoms with E-state index in [0.29, 0.717) is 18.2 Å². The summed E-state index contributed by atoms with van der Waals surface area (Å²) in [5.74, 6) is 0.722. The second-order valence-corrected chi connectivity index (χ2v) is 6.04. The lowest BCUT2D eigenvalue weighted by atomic mass is 10.1. The van der Waals surface area contributed by atoms with Crippen LogP contribution >= 0.6 is 0 Å². The van der Waals surface area contributed by atoms with Crippen molar-refractivity contribution >= 4 is 0 Å². The van der Waals surface area contributed by atoms with Gasteiger partial charge in [0.25, 0.3) is 0 Å². The first kappa shape index (κ1) is 14.9. The second-order valence-electron chi connectivity index (χ2n) is 6.04. The van der Waals surface area contributed by atoms with Crippen molar-refractivity contribution in [1.29, 1.82) is 0 Å². The lowest BCUT2D eigenvalue weighted by molar-refractivity contribution is 0.0229. The summed E-state index contributed by atoms with van der Waals surface area (Å²) in [5, 5.41) is 3.48. The van der Waals surface area contributed by atoms with Crippen LogP contribution in [-0.4, -0.2) is 49.8 Å². The van der Waals surface area contributed by atoms with Gasteiger partial charge in [-0.15, -0.1) is 0 Å². The molecule has 0 radical (unpaired) electrons. The zero-order chi connectivity index (χ0) is 12.8. The van der Waals surface area contributed by atoms with Crippen molar-refractivity contribution in [3.63, 3.8) is 0 Å². The molecule has 1 aliphatic rings. The summed E-state index contributed by atoms with van der Waals surface area (Å²) in [6, 6.07) is 0.608. The molecule has 0 aromatic heterocycles. The van der Waals surface area contributed by atoms with Crippen LogP contribution in [0.2, 0.25) is 0 Å². The Bertz CT molecular complexity index is 206. The van der Waals surface area contributed by atoms with E-state index in [4.69, 9.17) is 4.74 Å². The Balaban J connectivity index is 2.14. The van der Waals surface area contributed by atoms with Gasteiger partial charge in [-0.05, 0) is 46.2 Å². The maximum absolute atomic E-state index is 6.06. The number of hydrogen-bond donors (Lipinski definition) is 1. The highest BCUT2D eigenvalue weighted by molar-refractivity contribution is 4.78. The first-order valence-electron chi connectivity index (χ1n) is 7.05. The molecular formula is C14H30N2O. The lowest BCUT2D eigenvalue weighted by Gasteiger charge is -2.24. The smallest absolute Gasteiger partial charge is 0.0707 e. The van der Waals surface area contributed by atoms with Gasteiger partial charge in [0.1, 0.15) is 0 Å². The van der Waals surface area contributed by atoms with E-state index in [-0.39, 0.29) is 0 Å². The third-order valence-corrected chi connectivity index (χ3v) is 3.49. The maximum atomic E-state index is 6.06. The van der Waals surface area contributed by atoms with E-state index in [2.05, 4.69) is 45.0 Å². The summed E-state index contributed by atoms with van der Waals surface area (Å²) >= 11 is 0. The first-order chi connectivity index (χ1) is 7.99. The molecule has 0 aromatic rings. The molecule has 0 spiro atoms. The summed E-state index contributed by atoms with van der Waals surface area (Å²) in [7, 11) is 2.18. The summed E-state index contributed by atoms with van der Waals surface area (Å²) in [4.78, 5) is 2.37. The van der Waals surface area contributed by atoms with Crippen LogP contribution in [0, 0.1) is 5.92 Å². The van der Waals surface area contributed by atoms with E-state index < -0.39 is 0 Å². The molecule has 1 N–H and O–H groups in total. The molecule has 2 unspecified atom stereocenters. The molecule has 1 heterocycles. The molecule has 1 rings (SSSR count). The van der Waals surface area contributed by atoms with Crippen LogP contribution in [0.3, 0.4) is 0 Å². The van der Waals surface area contributed by atoms with Crippen molar-refractivity contribution < 1.29 is 4.74 Å². The van der Waals surface area contributed by atoms with Gasteiger partial charge in [-0.1, -0.05) is 13.8 Å². The van der Waals surface area contributed by atoms with Crippen LogP contribution in [0.4, 0.5) is 0 Å². The summed E-state index contributed by atoms with van der Waals surface area (Å²) < 4.78 is 6.06. The Morgan fingerprint density at radius 2 is 1.82 bits per heavy atom. The molecule has 2 atom stereocenters. The fourth-order valence-corrected chi connectivity index (χ4v) is 2.13. The van der Waals surface area contributed by atoms with Gasteiger partial charge in [-0.2, -0.15) is 0 Å². The highest BCUT2D eigenvalue weighted by Crippen LogP contribution is 2.20. The van der Waals surface area contributed by atoms with Crippen LogP contribution < -0.4 is 5.32 Å². The number of nitrogens with one attached hydrogen (secondary N) is 1. The first-order valence-corrected chi connectivity index (χ1v) is 7.05. The maximum Gasteiger partial charge on any atom is 0.0707 e. The topological polar surface area (TPSA) is 24.5 Å².